The Bertz CT molecular complexity index is 575. The minimum absolute atomic E-state index is 0.345. The van der Waals surface area contributed by atoms with Gasteiger partial charge in [-0.15, -0.1) is 0 Å². The van der Waals surface area contributed by atoms with Gasteiger partial charge >= 0.3 is 0 Å². The van der Waals surface area contributed by atoms with Crippen LogP contribution in [0.3, 0.4) is 0 Å². The zero-order valence-electron chi connectivity index (χ0n) is 11.0. The highest BCUT2D eigenvalue weighted by Crippen LogP contribution is 2.19. The number of benzene rings is 1. The van der Waals surface area contributed by atoms with Gasteiger partial charge in [0.15, 0.2) is 0 Å². The van der Waals surface area contributed by atoms with E-state index in [2.05, 4.69) is 5.10 Å². The number of hydrogen-bond acceptors (Lipinski definition) is 3. The quantitative estimate of drug-likeness (QED) is 0.853. The zero-order chi connectivity index (χ0) is 13.8. The van der Waals surface area contributed by atoms with Crippen LogP contribution in [0.25, 0.3) is 0 Å². The van der Waals surface area contributed by atoms with Crippen molar-refractivity contribution in [3.63, 3.8) is 0 Å². The van der Waals surface area contributed by atoms with Crippen LogP contribution in [0.1, 0.15) is 35.0 Å². The first kappa shape index (κ1) is 13.1. The van der Waals surface area contributed by atoms with Crippen molar-refractivity contribution in [2.45, 2.75) is 26.3 Å². The predicted molar refractivity (Wildman–Crippen MR) is 74.7 cm³/mol. The summed E-state index contributed by atoms with van der Waals surface area (Å²) in [5.41, 5.74) is 13.4. The van der Waals surface area contributed by atoms with Crippen LogP contribution in [0.2, 0.25) is 0 Å². The number of aryl methyl sites for hydroxylation is 1. The molecule has 1 aromatic carbocycles. The molecule has 5 nitrogen and oxygen atoms in total. The van der Waals surface area contributed by atoms with E-state index in [0.29, 0.717) is 30.0 Å². The van der Waals surface area contributed by atoms with Crippen LogP contribution in [0.4, 0.5) is 5.82 Å². The SMILES string of the molecule is CCCn1nc(Cc2ccccc2)c(C(N)=O)c1N. The molecule has 0 spiro atoms. The highest BCUT2D eigenvalue weighted by Gasteiger charge is 2.19. The molecule has 1 amide bonds. The topological polar surface area (TPSA) is 86.9 Å². The number of primary amides is 1. The van der Waals surface area contributed by atoms with E-state index in [1.807, 2.05) is 37.3 Å². The predicted octanol–water partition coefficient (Wildman–Crippen LogP) is 1.56. The lowest BCUT2D eigenvalue weighted by atomic mass is 10.1. The van der Waals surface area contributed by atoms with Crippen molar-refractivity contribution in [2.75, 3.05) is 5.73 Å². The Morgan fingerprint density at radius 2 is 2.00 bits per heavy atom. The van der Waals surface area contributed by atoms with Crippen LogP contribution in [0, 0.1) is 0 Å². The number of nitrogens with two attached hydrogens (primary N) is 2. The Morgan fingerprint density at radius 1 is 1.32 bits per heavy atom. The lowest BCUT2D eigenvalue weighted by Gasteiger charge is -2.00. The smallest absolute Gasteiger partial charge is 0.254 e. The van der Waals surface area contributed by atoms with Crippen LogP contribution >= 0.6 is 0 Å². The second kappa shape index (κ2) is 5.56. The lowest BCUT2D eigenvalue weighted by molar-refractivity contribution is 0.100. The van der Waals surface area contributed by atoms with E-state index in [1.54, 1.807) is 4.68 Å². The molecule has 0 unspecified atom stereocenters. The third-order valence-corrected chi connectivity index (χ3v) is 2.96. The molecule has 5 heteroatoms. The highest BCUT2D eigenvalue weighted by atomic mass is 16.1. The van der Waals surface area contributed by atoms with Crippen molar-refractivity contribution in [1.82, 2.24) is 9.78 Å². The average Bonchev–Trinajstić information content (AvgIpc) is 2.68. The number of nitrogen functional groups attached to an aromatic ring is 1. The summed E-state index contributed by atoms with van der Waals surface area (Å²) in [5.74, 6) is -0.161. The summed E-state index contributed by atoms with van der Waals surface area (Å²) >= 11 is 0. The average molecular weight is 258 g/mol. The van der Waals surface area contributed by atoms with Gasteiger partial charge in [-0.3, -0.25) is 4.79 Å². The standard InChI is InChI=1S/C14H18N4O/c1-2-8-18-13(15)12(14(16)19)11(17-18)9-10-6-4-3-5-7-10/h3-7H,2,8-9,15H2,1H3,(H2,16,19). The van der Waals surface area contributed by atoms with Crippen molar-refractivity contribution in [3.8, 4) is 0 Å². The van der Waals surface area contributed by atoms with Gasteiger partial charge in [0.2, 0.25) is 0 Å². The molecule has 1 heterocycles. The van der Waals surface area contributed by atoms with Crippen molar-refractivity contribution < 1.29 is 4.79 Å². The largest absolute Gasteiger partial charge is 0.383 e. The van der Waals surface area contributed by atoms with E-state index in [-0.39, 0.29) is 0 Å². The van der Waals surface area contributed by atoms with Crippen molar-refractivity contribution in [2.24, 2.45) is 5.73 Å². The molecule has 0 aliphatic rings. The Labute approximate surface area is 112 Å². The molecule has 0 aliphatic heterocycles. The summed E-state index contributed by atoms with van der Waals surface area (Å²) in [5, 5.41) is 4.41. The van der Waals surface area contributed by atoms with E-state index in [9.17, 15) is 4.79 Å². The molecule has 0 aliphatic carbocycles. The summed E-state index contributed by atoms with van der Waals surface area (Å²) in [4.78, 5) is 11.5. The maximum atomic E-state index is 11.5. The van der Waals surface area contributed by atoms with Crippen molar-refractivity contribution in [3.05, 3.63) is 47.2 Å². The van der Waals surface area contributed by atoms with Crippen molar-refractivity contribution >= 4 is 11.7 Å². The summed E-state index contributed by atoms with van der Waals surface area (Å²) in [7, 11) is 0. The van der Waals surface area contributed by atoms with Gasteiger partial charge < -0.3 is 11.5 Å². The molecule has 2 rings (SSSR count). The lowest BCUT2D eigenvalue weighted by Crippen LogP contribution is -2.15. The summed E-state index contributed by atoms with van der Waals surface area (Å²) in [6.45, 7) is 2.71. The molecule has 2 aromatic rings. The maximum absolute atomic E-state index is 11.5. The van der Waals surface area contributed by atoms with Crippen LogP contribution < -0.4 is 11.5 Å². The van der Waals surface area contributed by atoms with Crippen LogP contribution in [-0.2, 0) is 13.0 Å². The molecular weight excluding hydrogens is 240 g/mol. The van der Waals surface area contributed by atoms with Gasteiger partial charge in [0, 0.05) is 13.0 Å². The molecule has 0 atom stereocenters. The minimum Gasteiger partial charge on any atom is -0.383 e. The summed E-state index contributed by atoms with van der Waals surface area (Å²) in [6.07, 6.45) is 1.45. The molecule has 0 radical (unpaired) electrons. The van der Waals surface area contributed by atoms with Gasteiger partial charge in [-0.05, 0) is 12.0 Å². The van der Waals surface area contributed by atoms with Gasteiger partial charge in [0.1, 0.15) is 11.4 Å². The molecular formula is C14H18N4O. The molecule has 0 fully saturated rings. The Balaban J connectivity index is 2.38. The Kier molecular flexibility index (Phi) is 3.85. The Hall–Kier alpha value is -2.30. The number of aromatic nitrogens is 2. The number of carbonyl (C=O) groups excluding carboxylic acids is 1. The maximum Gasteiger partial charge on any atom is 0.254 e. The number of amides is 1. The minimum atomic E-state index is -0.522. The van der Waals surface area contributed by atoms with E-state index < -0.39 is 5.91 Å². The van der Waals surface area contributed by atoms with Gasteiger partial charge in [0.05, 0.1) is 5.69 Å². The number of carbonyl (C=O) groups is 1. The Morgan fingerprint density at radius 3 is 2.58 bits per heavy atom. The fraction of sp³-hybridized carbons (Fsp3) is 0.286. The molecule has 19 heavy (non-hydrogen) atoms. The van der Waals surface area contributed by atoms with Crippen LogP contribution in [0.15, 0.2) is 30.3 Å². The molecule has 0 saturated carbocycles. The second-order valence-corrected chi connectivity index (χ2v) is 4.46. The third-order valence-electron chi connectivity index (χ3n) is 2.96. The van der Waals surface area contributed by atoms with E-state index in [0.717, 1.165) is 12.0 Å². The van der Waals surface area contributed by atoms with Crippen molar-refractivity contribution in [1.29, 1.82) is 0 Å². The molecule has 1 aromatic heterocycles. The fourth-order valence-electron chi connectivity index (χ4n) is 2.09. The molecule has 100 valence electrons. The number of rotatable bonds is 5. The molecule has 4 N–H and O–H groups in total. The summed E-state index contributed by atoms with van der Waals surface area (Å²) < 4.78 is 1.65. The molecule has 0 saturated heterocycles. The van der Waals surface area contributed by atoms with Gasteiger partial charge in [-0.25, -0.2) is 4.68 Å². The first-order valence-corrected chi connectivity index (χ1v) is 6.32. The fourth-order valence-corrected chi connectivity index (χ4v) is 2.09. The van der Waals surface area contributed by atoms with E-state index in [4.69, 9.17) is 11.5 Å². The van der Waals surface area contributed by atoms with Crippen LogP contribution in [0.5, 0.6) is 0 Å². The van der Waals surface area contributed by atoms with Gasteiger partial charge in [-0.1, -0.05) is 37.3 Å². The second-order valence-electron chi connectivity index (χ2n) is 4.46. The molecule has 0 bridgehead atoms. The normalized spacial score (nSPS) is 10.6. The number of nitrogens with zero attached hydrogens (tertiary/aromatic N) is 2. The van der Waals surface area contributed by atoms with Gasteiger partial charge in [0.25, 0.3) is 5.91 Å². The van der Waals surface area contributed by atoms with E-state index >= 15 is 0 Å². The first-order chi connectivity index (χ1) is 9.13. The first-order valence-electron chi connectivity index (χ1n) is 6.32. The monoisotopic (exact) mass is 258 g/mol. The zero-order valence-corrected chi connectivity index (χ0v) is 11.0. The highest BCUT2D eigenvalue weighted by molar-refractivity contribution is 5.98. The van der Waals surface area contributed by atoms with E-state index in [1.165, 1.54) is 0 Å². The number of anilines is 1. The van der Waals surface area contributed by atoms with Gasteiger partial charge in [-0.2, -0.15) is 5.10 Å². The van der Waals surface area contributed by atoms with Crippen LogP contribution in [-0.4, -0.2) is 15.7 Å². The number of hydrogen-bond donors (Lipinski definition) is 2. The summed E-state index contributed by atoms with van der Waals surface area (Å²) in [6, 6.07) is 9.82. The third kappa shape index (κ3) is 2.76.